The molecule has 0 saturated carbocycles. The van der Waals surface area contributed by atoms with E-state index in [0.29, 0.717) is 13.0 Å². The number of benzene rings is 2. The average molecular weight is 343 g/mol. The lowest BCUT2D eigenvalue weighted by molar-refractivity contribution is -0.384. The number of fused-ring (bicyclic) bond motifs is 1. The summed E-state index contributed by atoms with van der Waals surface area (Å²) in [4.78, 5) is 17.4. The zero-order valence-corrected chi connectivity index (χ0v) is 14.1. The number of hydrogen-bond acceptors (Lipinski definition) is 4. The number of hydrogen-bond donors (Lipinski definition) is 0. The van der Waals surface area contributed by atoms with Crippen molar-refractivity contribution in [2.24, 2.45) is 0 Å². The molecule has 128 valence electrons. The van der Waals surface area contributed by atoms with Crippen molar-refractivity contribution >= 4 is 22.3 Å². The van der Waals surface area contributed by atoms with Gasteiger partial charge in [-0.25, -0.2) is 0 Å². The Bertz CT molecular complexity index is 1040. The fraction of sp³-hybridized carbons (Fsp3) is 0.0952. The lowest BCUT2D eigenvalue weighted by Gasteiger charge is -2.23. The zero-order chi connectivity index (χ0) is 17.9. The Kier molecular flexibility index (Phi) is 4.19. The normalized spacial score (nSPS) is 13.7. The van der Waals surface area contributed by atoms with Gasteiger partial charge < -0.3 is 4.90 Å². The number of non-ortho nitro benzene ring substituents is 1. The average Bonchev–Trinajstić information content (AvgIpc) is 2.68. The molecule has 4 rings (SSSR count). The molecule has 2 heterocycles. The van der Waals surface area contributed by atoms with Crippen LogP contribution in [0.3, 0.4) is 0 Å². The monoisotopic (exact) mass is 343 g/mol. The molecule has 5 nitrogen and oxygen atoms in total. The van der Waals surface area contributed by atoms with Gasteiger partial charge in [-0.15, -0.1) is 0 Å². The minimum absolute atomic E-state index is 0.100. The number of anilines is 1. The van der Waals surface area contributed by atoms with Crippen molar-refractivity contribution in [3.05, 3.63) is 100 Å². The Balaban J connectivity index is 1.59. The number of nitro groups is 1. The van der Waals surface area contributed by atoms with Crippen LogP contribution < -0.4 is 4.90 Å². The predicted octanol–water partition coefficient (Wildman–Crippen LogP) is 4.65. The first kappa shape index (κ1) is 16.0. The first-order chi connectivity index (χ1) is 12.7. The highest BCUT2D eigenvalue weighted by molar-refractivity contribution is 5.78. The molecule has 1 aromatic heterocycles. The minimum Gasteiger partial charge on any atom is -0.344 e. The summed E-state index contributed by atoms with van der Waals surface area (Å²) in [7, 11) is 0. The summed E-state index contributed by atoms with van der Waals surface area (Å²) in [6.07, 6.45) is 6.91. The van der Waals surface area contributed by atoms with Gasteiger partial charge in [-0.05, 0) is 23.8 Å². The van der Waals surface area contributed by atoms with Gasteiger partial charge in [0, 0.05) is 48.1 Å². The summed E-state index contributed by atoms with van der Waals surface area (Å²) in [6.45, 7) is 0.690. The van der Waals surface area contributed by atoms with Crippen molar-refractivity contribution in [1.29, 1.82) is 0 Å². The van der Waals surface area contributed by atoms with Crippen molar-refractivity contribution in [3.63, 3.8) is 0 Å². The van der Waals surface area contributed by atoms with E-state index < -0.39 is 0 Å². The zero-order valence-electron chi connectivity index (χ0n) is 14.1. The van der Waals surface area contributed by atoms with Crippen LogP contribution in [0, 0.1) is 10.1 Å². The van der Waals surface area contributed by atoms with Crippen LogP contribution in [-0.2, 0) is 6.42 Å². The van der Waals surface area contributed by atoms with E-state index in [9.17, 15) is 10.1 Å². The molecule has 0 unspecified atom stereocenters. The quantitative estimate of drug-likeness (QED) is 0.511. The molecule has 26 heavy (non-hydrogen) atoms. The number of para-hydroxylation sites is 1. The van der Waals surface area contributed by atoms with Gasteiger partial charge in [0.15, 0.2) is 0 Å². The molecule has 0 aliphatic carbocycles. The van der Waals surface area contributed by atoms with Gasteiger partial charge in [-0.3, -0.25) is 15.1 Å². The van der Waals surface area contributed by atoms with Gasteiger partial charge >= 0.3 is 0 Å². The number of nitro benzene ring substituents is 1. The standard InChI is InChI=1S/C21H17N3O2/c25-24(26)20-8-3-7-19(14-20)23-12-4-5-16(15-23)13-18-11-10-17-6-1-2-9-21(17)22-18/h1-11,14-15H,12-13H2. The SMILES string of the molecule is O=[N+]([O-])c1cccc(N2C=C(Cc3ccc4ccccc4n3)C=CC2)c1. The molecule has 0 bridgehead atoms. The second-order valence-electron chi connectivity index (χ2n) is 6.21. The lowest BCUT2D eigenvalue weighted by Crippen LogP contribution is -2.19. The summed E-state index contributed by atoms with van der Waals surface area (Å²) in [6, 6.07) is 18.9. The number of pyridine rings is 1. The maximum Gasteiger partial charge on any atom is 0.271 e. The van der Waals surface area contributed by atoms with Crippen molar-refractivity contribution in [2.45, 2.75) is 6.42 Å². The molecule has 2 aromatic carbocycles. The summed E-state index contributed by atoms with van der Waals surface area (Å²) in [5.74, 6) is 0. The molecule has 1 aliphatic rings. The molecule has 0 N–H and O–H groups in total. The summed E-state index contributed by atoms with van der Waals surface area (Å²) in [5, 5.41) is 12.1. The topological polar surface area (TPSA) is 59.3 Å². The molecular weight excluding hydrogens is 326 g/mol. The largest absolute Gasteiger partial charge is 0.344 e. The van der Waals surface area contributed by atoms with Crippen molar-refractivity contribution in [3.8, 4) is 0 Å². The van der Waals surface area contributed by atoms with E-state index in [0.717, 1.165) is 27.9 Å². The van der Waals surface area contributed by atoms with Crippen LogP contribution in [0.1, 0.15) is 5.69 Å². The van der Waals surface area contributed by atoms with Crippen molar-refractivity contribution in [2.75, 3.05) is 11.4 Å². The number of rotatable bonds is 4. The molecule has 1 aliphatic heterocycles. The summed E-state index contributed by atoms with van der Waals surface area (Å²) in [5.41, 5.74) is 4.02. The number of nitrogens with zero attached hydrogens (tertiary/aromatic N) is 3. The van der Waals surface area contributed by atoms with Crippen molar-refractivity contribution in [1.82, 2.24) is 4.98 Å². The molecule has 0 fully saturated rings. The van der Waals surface area contributed by atoms with Gasteiger partial charge in [0.1, 0.15) is 0 Å². The van der Waals surface area contributed by atoms with E-state index in [1.807, 2.05) is 41.4 Å². The molecular formula is C21H17N3O2. The van der Waals surface area contributed by atoms with Crippen LogP contribution in [0.4, 0.5) is 11.4 Å². The fourth-order valence-corrected chi connectivity index (χ4v) is 3.10. The van der Waals surface area contributed by atoms with E-state index in [1.54, 1.807) is 12.1 Å². The fourth-order valence-electron chi connectivity index (χ4n) is 3.10. The smallest absolute Gasteiger partial charge is 0.271 e. The maximum absolute atomic E-state index is 11.0. The van der Waals surface area contributed by atoms with Gasteiger partial charge in [-0.1, -0.05) is 42.5 Å². The van der Waals surface area contributed by atoms with Crippen LogP contribution >= 0.6 is 0 Å². The highest BCUT2D eigenvalue weighted by Crippen LogP contribution is 2.24. The Morgan fingerprint density at radius 3 is 2.85 bits per heavy atom. The molecule has 0 amide bonds. The lowest BCUT2D eigenvalue weighted by atomic mass is 10.1. The highest BCUT2D eigenvalue weighted by atomic mass is 16.6. The second-order valence-corrected chi connectivity index (χ2v) is 6.21. The summed E-state index contributed by atoms with van der Waals surface area (Å²) < 4.78 is 0. The van der Waals surface area contributed by atoms with Gasteiger partial charge in [0.25, 0.3) is 5.69 Å². The number of aromatic nitrogens is 1. The first-order valence-electron chi connectivity index (χ1n) is 8.42. The van der Waals surface area contributed by atoms with Crippen LogP contribution in [0.25, 0.3) is 10.9 Å². The third kappa shape index (κ3) is 3.32. The van der Waals surface area contributed by atoms with Crippen LogP contribution in [0.15, 0.2) is 84.6 Å². The van der Waals surface area contributed by atoms with Gasteiger partial charge in [-0.2, -0.15) is 0 Å². The number of allylic oxidation sites excluding steroid dienone is 2. The first-order valence-corrected chi connectivity index (χ1v) is 8.42. The van der Waals surface area contributed by atoms with E-state index in [4.69, 9.17) is 4.98 Å². The molecule has 0 radical (unpaired) electrons. The van der Waals surface area contributed by atoms with E-state index in [2.05, 4.69) is 24.3 Å². The molecule has 5 heteroatoms. The summed E-state index contributed by atoms with van der Waals surface area (Å²) >= 11 is 0. The van der Waals surface area contributed by atoms with E-state index in [-0.39, 0.29) is 10.6 Å². The highest BCUT2D eigenvalue weighted by Gasteiger charge is 2.12. The third-order valence-corrected chi connectivity index (χ3v) is 4.37. The van der Waals surface area contributed by atoms with Crippen LogP contribution in [0.5, 0.6) is 0 Å². The molecule has 0 atom stereocenters. The molecule has 3 aromatic rings. The Hall–Kier alpha value is -3.47. The van der Waals surface area contributed by atoms with Crippen LogP contribution in [0.2, 0.25) is 0 Å². The van der Waals surface area contributed by atoms with E-state index >= 15 is 0 Å². The van der Waals surface area contributed by atoms with E-state index in [1.165, 1.54) is 6.07 Å². The second kappa shape index (κ2) is 6.80. The van der Waals surface area contributed by atoms with Crippen molar-refractivity contribution < 1.29 is 4.92 Å². The molecule has 0 saturated heterocycles. The molecule has 0 spiro atoms. The predicted molar refractivity (Wildman–Crippen MR) is 103 cm³/mol. The van der Waals surface area contributed by atoms with Gasteiger partial charge in [0.2, 0.25) is 0 Å². The van der Waals surface area contributed by atoms with Crippen LogP contribution in [-0.4, -0.2) is 16.5 Å². The van der Waals surface area contributed by atoms with Gasteiger partial charge in [0.05, 0.1) is 10.4 Å². The third-order valence-electron chi connectivity index (χ3n) is 4.37. The Morgan fingerprint density at radius 2 is 1.96 bits per heavy atom. The Morgan fingerprint density at radius 1 is 1.08 bits per heavy atom. The Labute approximate surface area is 151 Å². The minimum atomic E-state index is -0.368. The maximum atomic E-state index is 11.0.